The number of aryl methyl sites for hydroxylation is 1. The lowest BCUT2D eigenvalue weighted by molar-refractivity contribution is 0.410. The van der Waals surface area contributed by atoms with E-state index in [9.17, 15) is 0 Å². The third-order valence-electron chi connectivity index (χ3n) is 3.19. The van der Waals surface area contributed by atoms with Gasteiger partial charge >= 0.3 is 0 Å². The molecule has 19 heavy (non-hydrogen) atoms. The zero-order valence-electron chi connectivity index (χ0n) is 11.4. The van der Waals surface area contributed by atoms with E-state index < -0.39 is 0 Å². The number of nitrogens with two attached hydrogens (primary N) is 1. The molecule has 0 aliphatic carbocycles. The van der Waals surface area contributed by atoms with Gasteiger partial charge in [-0.2, -0.15) is 0 Å². The minimum Gasteiger partial charge on any atom is -0.496 e. The number of anilines is 2. The van der Waals surface area contributed by atoms with Gasteiger partial charge in [-0.1, -0.05) is 30.3 Å². The van der Waals surface area contributed by atoms with Crippen molar-refractivity contribution in [2.75, 3.05) is 24.7 Å². The van der Waals surface area contributed by atoms with Gasteiger partial charge in [0.25, 0.3) is 0 Å². The Morgan fingerprint density at radius 3 is 2.63 bits per heavy atom. The van der Waals surface area contributed by atoms with Gasteiger partial charge in [0, 0.05) is 6.54 Å². The molecule has 0 aliphatic rings. The molecular weight excluding hydrogens is 236 g/mol. The van der Waals surface area contributed by atoms with E-state index in [4.69, 9.17) is 10.5 Å². The van der Waals surface area contributed by atoms with Crippen molar-refractivity contribution in [1.82, 2.24) is 0 Å². The Bertz CT molecular complexity index is 532. The molecule has 100 valence electrons. The van der Waals surface area contributed by atoms with E-state index in [0.29, 0.717) is 0 Å². The highest BCUT2D eigenvalue weighted by molar-refractivity contribution is 5.69. The molecule has 0 fully saturated rings. The van der Waals surface area contributed by atoms with E-state index in [-0.39, 0.29) is 0 Å². The number of nitrogens with one attached hydrogen (secondary N) is 1. The molecule has 0 spiro atoms. The second-order valence-electron chi connectivity index (χ2n) is 4.53. The standard InChI is InChI=1S/C16H20N2O/c1-12-6-5-8-14(17)16(12)18-11-10-13-7-3-4-9-15(13)19-2/h3-9,18H,10-11,17H2,1-2H3. The Balaban J connectivity index is 2.00. The zero-order chi connectivity index (χ0) is 13.7. The van der Waals surface area contributed by atoms with Crippen LogP contribution in [0.2, 0.25) is 0 Å². The van der Waals surface area contributed by atoms with Gasteiger partial charge in [0.05, 0.1) is 18.5 Å². The van der Waals surface area contributed by atoms with Gasteiger partial charge in [0.1, 0.15) is 5.75 Å². The smallest absolute Gasteiger partial charge is 0.122 e. The Hall–Kier alpha value is -2.16. The van der Waals surface area contributed by atoms with Crippen LogP contribution < -0.4 is 15.8 Å². The summed E-state index contributed by atoms with van der Waals surface area (Å²) in [5.41, 5.74) is 10.2. The maximum absolute atomic E-state index is 5.97. The van der Waals surface area contributed by atoms with Crippen molar-refractivity contribution < 1.29 is 4.74 Å². The van der Waals surface area contributed by atoms with E-state index in [1.54, 1.807) is 7.11 Å². The quantitative estimate of drug-likeness (QED) is 0.807. The summed E-state index contributed by atoms with van der Waals surface area (Å²) in [5.74, 6) is 0.932. The number of hydrogen-bond donors (Lipinski definition) is 2. The molecule has 0 aliphatic heterocycles. The topological polar surface area (TPSA) is 47.3 Å². The van der Waals surface area contributed by atoms with Gasteiger partial charge in [0.2, 0.25) is 0 Å². The number of para-hydroxylation sites is 2. The van der Waals surface area contributed by atoms with Crippen LogP contribution in [0.4, 0.5) is 11.4 Å². The Morgan fingerprint density at radius 2 is 1.89 bits per heavy atom. The molecule has 0 bridgehead atoms. The first kappa shape index (κ1) is 13.3. The van der Waals surface area contributed by atoms with Gasteiger partial charge in [0.15, 0.2) is 0 Å². The minimum absolute atomic E-state index is 0.792. The average Bonchev–Trinajstić information content (AvgIpc) is 2.42. The second kappa shape index (κ2) is 6.14. The lowest BCUT2D eigenvalue weighted by atomic mass is 10.1. The lowest BCUT2D eigenvalue weighted by Gasteiger charge is -2.13. The summed E-state index contributed by atoms with van der Waals surface area (Å²) in [6, 6.07) is 14.0. The molecule has 3 N–H and O–H groups in total. The first-order valence-electron chi connectivity index (χ1n) is 6.43. The summed E-state index contributed by atoms with van der Waals surface area (Å²) in [5, 5.41) is 3.40. The van der Waals surface area contributed by atoms with Crippen LogP contribution in [0.15, 0.2) is 42.5 Å². The van der Waals surface area contributed by atoms with Gasteiger partial charge in [-0.15, -0.1) is 0 Å². The summed E-state index contributed by atoms with van der Waals surface area (Å²) in [7, 11) is 1.70. The van der Waals surface area contributed by atoms with Crippen LogP contribution in [0.5, 0.6) is 5.75 Å². The Labute approximate surface area is 114 Å². The Kier molecular flexibility index (Phi) is 4.29. The highest BCUT2D eigenvalue weighted by Gasteiger charge is 2.04. The summed E-state index contributed by atoms with van der Waals surface area (Å²) < 4.78 is 5.34. The molecule has 2 aromatic rings. The van der Waals surface area contributed by atoms with Crippen molar-refractivity contribution in [3.8, 4) is 5.75 Å². The fourth-order valence-corrected chi connectivity index (χ4v) is 2.16. The molecule has 0 aromatic heterocycles. The first-order chi connectivity index (χ1) is 9.22. The molecule has 0 atom stereocenters. The molecule has 2 aromatic carbocycles. The second-order valence-corrected chi connectivity index (χ2v) is 4.53. The fourth-order valence-electron chi connectivity index (χ4n) is 2.16. The predicted molar refractivity (Wildman–Crippen MR) is 80.8 cm³/mol. The molecule has 3 heteroatoms. The van der Waals surface area contributed by atoms with Crippen LogP contribution in [0.1, 0.15) is 11.1 Å². The average molecular weight is 256 g/mol. The van der Waals surface area contributed by atoms with Crippen molar-refractivity contribution in [2.24, 2.45) is 0 Å². The van der Waals surface area contributed by atoms with Crippen molar-refractivity contribution in [3.05, 3.63) is 53.6 Å². The first-order valence-corrected chi connectivity index (χ1v) is 6.43. The van der Waals surface area contributed by atoms with Gasteiger partial charge in [-0.25, -0.2) is 0 Å². The van der Waals surface area contributed by atoms with Crippen molar-refractivity contribution in [1.29, 1.82) is 0 Å². The summed E-state index contributed by atoms with van der Waals surface area (Å²) in [4.78, 5) is 0. The van der Waals surface area contributed by atoms with Gasteiger partial charge < -0.3 is 15.8 Å². The van der Waals surface area contributed by atoms with Crippen LogP contribution >= 0.6 is 0 Å². The van der Waals surface area contributed by atoms with Crippen LogP contribution in [-0.2, 0) is 6.42 Å². The van der Waals surface area contributed by atoms with E-state index in [2.05, 4.69) is 24.4 Å². The van der Waals surface area contributed by atoms with E-state index in [0.717, 1.165) is 30.1 Å². The predicted octanol–water partition coefficient (Wildman–Crippen LogP) is 3.24. The van der Waals surface area contributed by atoms with Crippen molar-refractivity contribution in [2.45, 2.75) is 13.3 Å². The van der Waals surface area contributed by atoms with Crippen molar-refractivity contribution in [3.63, 3.8) is 0 Å². The maximum atomic E-state index is 5.97. The van der Waals surface area contributed by atoms with Crippen molar-refractivity contribution >= 4 is 11.4 Å². The number of rotatable bonds is 5. The number of methoxy groups -OCH3 is 1. The molecule has 0 unspecified atom stereocenters. The minimum atomic E-state index is 0.792. The molecule has 0 amide bonds. The highest BCUT2D eigenvalue weighted by Crippen LogP contribution is 2.23. The number of ether oxygens (including phenoxy) is 1. The molecule has 3 nitrogen and oxygen atoms in total. The lowest BCUT2D eigenvalue weighted by Crippen LogP contribution is -2.08. The maximum Gasteiger partial charge on any atom is 0.122 e. The largest absolute Gasteiger partial charge is 0.496 e. The summed E-state index contributed by atoms with van der Waals surface area (Å²) in [6.07, 6.45) is 0.901. The third-order valence-corrected chi connectivity index (χ3v) is 3.19. The zero-order valence-corrected chi connectivity index (χ0v) is 11.4. The van der Waals surface area contributed by atoms with Gasteiger partial charge in [-0.05, 0) is 36.6 Å². The highest BCUT2D eigenvalue weighted by atomic mass is 16.5. The fraction of sp³-hybridized carbons (Fsp3) is 0.250. The number of hydrogen-bond acceptors (Lipinski definition) is 3. The van der Waals surface area contributed by atoms with Crippen LogP contribution in [0.3, 0.4) is 0 Å². The third kappa shape index (κ3) is 3.19. The Morgan fingerprint density at radius 1 is 1.11 bits per heavy atom. The van der Waals surface area contributed by atoms with Crippen LogP contribution in [0, 0.1) is 6.92 Å². The van der Waals surface area contributed by atoms with Crippen LogP contribution in [0.25, 0.3) is 0 Å². The SMILES string of the molecule is COc1ccccc1CCNc1c(C)cccc1N. The summed E-state index contributed by atoms with van der Waals surface area (Å²) >= 11 is 0. The molecule has 0 heterocycles. The van der Waals surface area contributed by atoms with E-state index >= 15 is 0 Å². The van der Waals surface area contributed by atoms with Crippen LogP contribution in [-0.4, -0.2) is 13.7 Å². The molecule has 2 rings (SSSR count). The molecule has 0 saturated carbocycles. The van der Waals surface area contributed by atoms with E-state index in [1.807, 2.05) is 30.3 Å². The monoisotopic (exact) mass is 256 g/mol. The summed E-state index contributed by atoms with van der Waals surface area (Å²) in [6.45, 7) is 2.89. The number of benzene rings is 2. The number of nitrogen functional groups attached to an aromatic ring is 1. The van der Waals surface area contributed by atoms with Gasteiger partial charge in [-0.3, -0.25) is 0 Å². The normalized spacial score (nSPS) is 10.2. The molecule has 0 radical (unpaired) electrons. The van der Waals surface area contributed by atoms with E-state index in [1.165, 1.54) is 11.1 Å². The molecular formula is C16H20N2O. The molecule has 0 saturated heterocycles.